The summed E-state index contributed by atoms with van der Waals surface area (Å²) in [6, 6.07) is 18.5. The lowest BCUT2D eigenvalue weighted by molar-refractivity contribution is 0.262. The Bertz CT molecular complexity index is 1590. The molecule has 38 heavy (non-hydrogen) atoms. The summed E-state index contributed by atoms with van der Waals surface area (Å²) in [5.74, 6) is 1.74. The second-order valence-corrected chi connectivity index (χ2v) is 10.3. The summed E-state index contributed by atoms with van der Waals surface area (Å²) in [4.78, 5) is 26.7. The molecule has 0 aliphatic heterocycles. The first-order valence-electron chi connectivity index (χ1n) is 12.0. The lowest BCUT2D eigenvalue weighted by Crippen LogP contribution is -2.21. The first-order chi connectivity index (χ1) is 18.3. The van der Waals surface area contributed by atoms with E-state index in [1.165, 1.54) is 11.8 Å². The van der Waals surface area contributed by atoms with Gasteiger partial charge in [-0.05, 0) is 36.6 Å². The maximum Gasteiger partial charge on any atom is 0.324 e. The second kappa shape index (κ2) is 10.5. The number of ether oxygens (including phenoxy) is 1. The molecule has 2 N–H and O–H groups in total. The predicted octanol–water partition coefficient (Wildman–Crippen LogP) is 6.67. The topological polar surface area (TPSA) is 107 Å². The lowest BCUT2D eigenvalue weighted by Gasteiger charge is -2.14. The van der Waals surface area contributed by atoms with E-state index in [4.69, 9.17) is 9.84 Å². The summed E-state index contributed by atoms with van der Waals surface area (Å²) in [5.41, 5.74) is 3.29. The smallest absolute Gasteiger partial charge is 0.324 e. The van der Waals surface area contributed by atoms with Gasteiger partial charge in [0.2, 0.25) is 0 Å². The molecule has 0 spiro atoms. The fourth-order valence-corrected chi connectivity index (χ4v) is 4.35. The largest absolute Gasteiger partial charge is 0.455 e. The molecule has 5 rings (SSSR count). The molecular formula is C28H27N7O2S. The summed E-state index contributed by atoms with van der Waals surface area (Å²) in [6.07, 6.45) is 6.76. The van der Waals surface area contributed by atoms with Crippen LogP contribution in [-0.2, 0) is 5.41 Å². The summed E-state index contributed by atoms with van der Waals surface area (Å²) >= 11 is 1.50. The van der Waals surface area contributed by atoms with Crippen molar-refractivity contribution in [3.8, 4) is 17.2 Å². The molecule has 0 atom stereocenters. The number of nitrogens with one attached hydrogen (secondary N) is 2. The van der Waals surface area contributed by atoms with Gasteiger partial charge in [-0.25, -0.2) is 24.4 Å². The van der Waals surface area contributed by atoms with E-state index in [0.29, 0.717) is 34.2 Å². The van der Waals surface area contributed by atoms with Gasteiger partial charge in [-0.15, -0.1) is 11.8 Å². The second-order valence-electron chi connectivity index (χ2n) is 9.49. The van der Waals surface area contributed by atoms with Gasteiger partial charge in [-0.2, -0.15) is 5.10 Å². The zero-order valence-electron chi connectivity index (χ0n) is 21.5. The van der Waals surface area contributed by atoms with Crippen LogP contribution in [0.1, 0.15) is 26.5 Å². The van der Waals surface area contributed by atoms with Gasteiger partial charge in [-0.1, -0.05) is 39.0 Å². The average molecular weight is 526 g/mol. The number of para-hydroxylation sites is 1. The Labute approximate surface area is 224 Å². The number of rotatable bonds is 6. The van der Waals surface area contributed by atoms with Gasteiger partial charge in [-0.3, -0.25) is 5.32 Å². The van der Waals surface area contributed by atoms with Crippen molar-refractivity contribution in [1.82, 2.24) is 24.7 Å². The number of carbonyl (C=O) groups excluding carboxylic acids is 1. The highest BCUT2D eigenvalue weighted by Crippen LogP contribution is 2.34. The number of nitrogens with zero attached hydrogens (tertiary/aromatic N) is 5. The number of urea groups is 1. The number of aromatic nitrogens is 5. The van der Waals surface area contributed by atoms with Crippen LogP contribution >= 0.6 is 11.8 Å². The molecule has 2 amide bonds. The van der Waals surface area contributed by atoms with Crippen LogP contribution in [0.4, 0.5) is 16.3 Å². The molecule has 2 aromatic carbocycles. The van der Waals surface area contributed by atoms with E-state index in [0.717, 1.165) is 16.3 Å². The molecule has 192 valence electrons. The molecule has 0 saturated heterocycles. The van der Waals surface area contributed by atoms with Gasteiger partial charge in [0, 0.05) is 41.0 Å². The molecular weight excluding hydrogens is 498 g/mol. The van der Waals surface area contributed by atoms with Gasteiger partial charge in [0.1, 0.15) is 11.6 Å². The molecule has 0 fully saturated rings. The Morgan fingerprint density at radius 1 is 0.921 bits per heavy atom. The summed E-state index contributed by atoms with van der Waals surface area (Å²) in [6.45, 7) is 6.26. The number of carbonyl (C=O) groups is 1. The maximum absolute atomic E-state index is 13.1. The Morgan fingerprint density at radius 3 is 2.45 bits per heavy atom. The third-order valence-corrected chi connectivity index (χ3v) is 6.48. The first kappa shape index (κ1) is 25.2. The fraction of sp³-hybridized carbons (Fsp3) is 0.179. The van der Waals surface area contributed by atoms with Crippen molar-refractivity contribution in [2.45, 2.75) is 31.1 Å². The van der Waals surface area contributed by atoms with Crippen LogP contribution in [0.3, 0.4) is 0 Å². The Balaban J connectivity index is 1.36. The van der Waals surface area contributed by atoms with Crippen LogP contribution in [0.25, 0.3) is 16.9 Å². The van der Waals surface area contributed by atoms with E-state index < -0.39 is 0 Å². The zero-order valence-corrected chi connectivity index (χ0v) is 22.3. The Morgan fingerprint density at radius 2 is 1.68 bits per heavy atom. The normalized spacial score (nSPS) is 11.4. The molecule has 0 radical (unpaired) electrons. The molecule has 0 saturated carbocycles. The number of hydrogen-bond donors (Lipinski definition) is 2. The third kappa shape index (κ3) is 5.45. The highest BCUT2D eigenvalue weighted by molar-refractivity contribution is 7.98. The molecule has 0 bridgehead atoms. The number of anilines is 2. The van der Waals surface area contributed by atoms with Crippen molar-refractivity contribution < 1.29 is 9.53 Å². The standard InChI is InChI=1S/C28H27N7O2S/c1-28(2,3)23-17-24(35(34-23)18-8-6-5-7-9-18)33-27(36)32-20-11-10-19(16-22(20)38-4)37-21-12-13-30-26-25(21)29-14-15-31-26/h5-17H,1-4H3,(H2,32,33,36). The lowest BCUT2D eigenvalue weighted by atomic mass is 9.92. The van der Waals surface area contributed by atoms with E-state index in [1.807, 2.05) is 54.8 Å². The van der Waals surface area contributed by atoms with Crippen LogP contribution in [-0.4, -0.2) is 37.0 Å². The van der Waals surface area contributed by atoms with Crippen LogP contribution in [0, 0.1) is 0 Å². The van der Waals surface area contributed by atoms with Crippen molar-refractivity contribution in [3.05, 3.63) is 84.9 Å². The number of fused-ring (bicyclic) bond motifs is 1. The van der Waals surface area contributed by atoms with Gasteiger partial charge in [0.25, 0.3) is 0 Å². The molecule has 0 aliphatic carbocycles. The highest BCUT2D eigenvalue weighted by Gasteiger charge is 2.22. The predicted molar refractivity (Wildman–Crippen MR) is 151 cm³/mol. The molecule has 10 heteroatoms. The van der Waals surface area contributed by atoms with E-state index in [-0.39, 0.29) is 11.4 Å². The van der Waals surface area contributed by atoms with E-state index in [1.54, 1.807) is 35.4 Å². The minimum absolute atomic E-state index is 0.180. The van der Waals surface area contributed by atoms with Crippen molar-refractivity contribution >= 4 is 40.5 Å². The number of thioether (sulfide) groups is 1. The zero-order chi connectivity index (χ0) is 26.7. The highest BCUT2D eigenvalue weighted by atomic mass is 32.2. The quantitative estimate of drug-likeness (QED) is 0.239. The molecule has 5 aromatic rings. The summed E-state index contributed by atoms with van der Waals surface area (Å²) in [5, 5.41) is 10.7. The van der Waals surface area contributed by atoms with Crippen molar-refractivity contribution in [2.75, 3.05) is 16.9 Å². The molecule has 3 heterocycles. The fourth-order valence-electron chi connectivity index (χ4n) is 3.77. The van der Waals surface area contributed by atoms with Crippen LogP contribution in [0.5, 0.6) is 11.5 Å². The SMILES string of the molecule is CSc1cc(Oc2ccnc3nccnc23)ccc1NC(=O)Nc1cc(C(C)(C)C)nn1-c1ccccc1. The Kier molecular flexibility index (Phi) is 6.97. The van der Waals surface area contributed by atoms with Gasteiger partial charge < -0.3 is 10.1 Å². The number of benzene rings is 2. The van der Waals surface area contributed by atoms with E-state index in [9.17, 15) is 4.79 Å². The molecule has 9 nitrogen and oxygen atoms in total. The first-order valence-corrected chi connectivity index (χ1v) is 13.2. The van der Waals surface area contributed by atoms with Crippen molar-refractivity contribution in [3.63, 3.8) is 0 Å². The van der Waals surface area contributed by atoms with Gasteiger partial charge in [0.05, 0.1) is 17.1 Å². The minimum atomic E-state index is -0.373. The molecule has 3 aromatic heterocycles. The number of hydrogen-bond acceptors (Lipinski definition) is 7. The average Bonchev–Trinajstić information content (AvgIpc) is 3.34. The van der Waals surface area contributed by atoms with Crippen LogP contribution in [0.15, 0.2) is 84.1 Å². The van der Waals surface area contributed by atoms with Gasteiger partial charge >= 0.3 is 6.03 Å². The maximum atomic E-state index is 13.1. The van der Waals surface area contributed by atoms with Crippen molar-refractivity contribution in [1.29, 1.82) is 0 Å². The number of pyridine rings is 1. The molecule has 0 unspecified atom stereocenters. The van der Waals surface area contributed by atoms with Crippen molar-refractivity contribution in [2.24, 2.45) is 0 Å². The Hall–Kier alpha value is -4.44. The monoisotopic (exact) mass is 525 g/mol. The third-order valence-electron chi connectivity index (χ3n) is 5.70. The van der Waals surface area contributed by atoms with Crippen LogP contribution in [0.2, 0.25) is 0 Å². The van der Waals surface area contributed by atoms with Crippen LogP contribution < -0.4 is 15.4 Å². The summed E-state index contributed by atoms with van der Waals surface area (Å²) in [7, 11) is 0. The number of amides is 2. The van der Waals surface area contributed by atoms with E-state index in [2.05, 4.69) is 46.4 Å². The van der Waals surface area contributed by atoms with E-state index >= 15 is 0 Å². The minimum Gasteiger partial charge on any atom is -0.455 e. The molecule has 0 aliphatic rings. The van der Waals surface area contributed by atoms with Gasteiger partial charge in [0.15, 0.2) is 16.9 Å². The summed E-state index contributed by atoms with van der Waals surface area (Å²) < 4.78 is 7.84.